The van der Waals surface area contributed by atoms with Gasteiger partial charge in [0.15, 0.2) is 0 Å². The summed E-state index contributed by atoms with van der Waals surface area (Å²) >= 11 is 0. The van der Waals surface area contributed by atoms with E-state index in [4.69, 9.17) is 11.1 Å². The van der Waals surface area contributed by atoms with Gasteiger partial charge < -0.3 is 10.6 Å². The minimum Gasteiger partial charge on any atom is -0.384 e. The quantitative estimate of drug-likeness (QED) is 0.643. The van der Waals surface area contributed by atoms with E-state index in [9.17, 15) is 8.78 Å². The molecule has 1 saturated carbocycles. The molecule has 0 aromatic heterocycles. The van der Waals surface area contributed by atoms with Gasteiger partial charge in [0.25, 0.3) is 0 Å². The molecule has 1 aliphatic carbocycles. The van der Waals surface area contributed by atoms with E-state index in [1.165, 1.54) is 0 Å². The van der Waals surface area contributed by atoms with E-state index in [2.05, 4.69) is 0 Å². The number of rotatable bonds is 5. The number of hydrogen-bond acceptors (Lipinski definition) is 2. The van der Waals surface area contributed by atoms with E-state index in [1.54, 1.807) is 0 Å². The van der Waals surface area contributed by atoms with Crippen LogP contribution in [-0.2, 0) is 0 Å². The molecular formula is C16H23F2N3. The number of nitrogens with two attached hydrogens (primary N) is 1. The van der Waals surface area contributed by atoms with Gasteiger partial charge in [0.05, 0.1) is 0 Å². The van der Waals surface area contributed by atoms with Crippen molar-refractivity contribution in [2.24, 2.45) is 11.7 Å². The molecule has 5 heteroatoms. The maximum atomic E-state index is 14.4. The molecule has 0 spiro atoms. The van der Waals surface area contributed by atoms with Crippen LogP contribution in [0.25, 0.3) is 0 Å². The number of nitrogens with one attached hydrogen (secondary N) is 1. The Morgan fingerprint density at radius 1 is 1.29 bits per heavy atom. The average molecular weight is 295 g/mol. The van der Waals surface area contributed by atoms with Crippen molar-refractivity contribution in [1.29, 1.82) is 5.41 Å². The predicted molar refractivity (Wildman–Crippen MR) is 81.8 cm³/mol. The summed E-state index contributed by atoms with van der Waals surface area (Å²) in [6, 6.07) is 2.51. The van der Waals surface area contributed by atoms with Gasteiger partial charge in [-0.25, -0.2) is 8.78 Å². The summed E-state index contributed by atoms with van der Waals surface area (Å²) in [4.78, 5) is 1.87. The second kappa shape index (κ2) is 6.41. The van der Waals surface area contributed by atoms with Gasteiger partial charge in [-0.05, 0) is 30.9 Å². The van der Waals surface area contributed by atoms with Crippen LogP contribution < -0.4 is 10.6 Å². The molecule has 3 N–H and O–H groups in total. The van der Waals surface area contributed by atoms with Gasteiger partial charge in [0, 0.05) is 18.2 Å². The Kier molecular flexibility index (Phi) is 4.80. The number of benzene rings is 1. The predicted octanol–water partition coefficient (Wildman–Crippen LogP) is 3.65. The second-order valence-electron chi connectivity index (χ2n) is 6.19. The van der Waals surface area contributed by atoms with E-state index in [1.807, 2.05) is 18.7 Å². The molecule has 0 saturated heterocycles. The van der Waals surface area contributed by atoms with Crippen LogP contribution in [0.15, 0.2) is 12.1 Å². The average Bonchev–Trinajstić information content (AvgIpc) is 2.89. The maximum absolute atomic E-state index is 14.4. The topological polar surface area (TPSA) is 53.1 Å². The number of halogens is 2. The summed E-state index contributed by atoms with van der Waals surface area (Å²) in [6.07, 6.45) is 4.15. The normalized spacial score (nSPS) is 15.7. The molecule has 0 unspecified atom stereocenters. The first-order valence-electron chi connectivity index (χ1n) is 7.50. The Bertz CT molecular complexity index is 499. The van der Waals surface area contributed by atoms with Gasteiger partial charge >= 0.3 is 0 Å². The van der Waals surface area contributed by atoms with E-state index in [0.717, 1.165) is 37.8 Å². The third-order valence-corrected chi connectivity index (χ3v) is 3.94. The summed E-state index contributed by atoms with van der Waals surface area (Å²) in [6.45, 7) is 4.71. The van der Waals surface area contributed by atoms with Crippen LogP contribution in [0, 0.1) is 23.0 Å². The highest BCUT2D eigenvalue weighted by atomic mass is 19.1. The van der Waals surface area contributed by atoms with Gasteiger partial charge in [-0.2, -0.15) is 0 Å². The Labute approximate surface area is 124 Å². The van der Waals surface area contributed by atoms with Crippen molar-refractivity contribution < 1.29 is 8.78 Å². The summed E-state index contributed by atoms with van der Waals surface area (Å²) in [7, 11) is 0. The standard InChI is InChI=1S/C16H23F2N3/c1-10(2)9-21(12-5-3-4-6-12)15-13(17)7-11(16(19)20)8-14(15)18/h7-8,10,12H,3-6,9H2,1-2H3,(H3,19,20). The molecule has 0 aliphatic heterocycles. The molecule has 1 aromatic rings. The van der Waals surface area contributed by atoms with Gasteiger partial charge in [0.1, 0.15) is 23.2 Å². The van der Waals surface area contributed by atoms with Crippen molar-refractivity contribution in [3.63, 3.8) is 0 Å². The summed E-state index contributed by atoms with van der Waals surface area (Å²) in [5, 5.41) is 7.32. The van der Waals surface area contributed by atoms with Crippen LogP contribution in [-0.4, -0.2) is 18.4 Å². The third-order valence-electron chi connectivity index (χ3n) is 3.94. The molecule has 2 rings (SSSR count). The van der Waals surface area contributed by atoms with E-state index < -0.39 is 11.6 Å². The van der Waals surface area contributed by atoms with Crippen LogP contribution in [0.1, 0.15) is 45.1 Å². The van der Waals surface area contributed by atoms with Crippen molar-refractivity contribution >= 4 is 11.5 Å². The molecule has 1 fully saturated rings. The molecule has 0 radical (unpaired) electrons. The fourth-order valence-corrected chi connectivity index (χ4v) is 3.03. The molecule has 0 bridgehead atoms. The Morgan fingerprint density at radius 2 is 1.81 bits per heavy atom. The molecule has 0 heterocycles. The SMILES string of the molecule is CC(C)CN(c1c(F)cc(C(=N)N)cc1F)C1CCCC1. The molecule has 116 valence electrons. The zero-order chi connectivity index (χ0) is 15.6. The fourth-order valence-electron chi connectivity index (χ4n) is 3.03. The maximum Gasteiger partial charge on any atom is 0.150 e. The molecular weight excluding hydrogens is 272 g/mol. The molecule has 0 atom stereocenters. The lowest BCUT2D eigenvalue weighted by Crippen LogP contribution is -2.37. The first-order valence-corrected chi connectivity index (χ1v) is 7.50. The zero-order valence-electron chi connectivity index (χ0n) is 12.6. The van der Waals surface area contributed by atoms with E-state index in [-0.39, 0.29) is 23.1 Å². The van der Waals surface area contributed by atoms with Crippen molar-refractivity contribution in [1.82, 2.24) is 0 Å². The van der Waals surface area contributed by atoms with Gasteiger partial charge in [-0.1, -0.05) is 26.7 Å². The number of amidine groups is 1. The highest BCUT2D eigenvalue weighted by molar-refractivity contribution is 5.95. The zero-order valence-corrected chi connectivity index (χ0v) is 12.6. The van der Waals surface area contributed by atoms with Gasteiger partial charge in [-0.3, -0.25) is 5.41 Å². The van der Waals surface area contributed by atoms with Crippen LogP contribution in [0.3, 0.4) is 0 Å². The number of nitrogens with zero attached hydrogens (tertiary/aromatic N) is 1. The Morgan fingerprint density at radius 3 is 2.24 bits per heavy atom. The lowest BCUT2D eigenvalue weighted by atomic mass is 10.1. The van der Waals surface area contributed by atoms with Gasteiger partial charge in [0.2, 0.25) is 0 Å². The lowest BCUT2D eigenvalue weighted by molar-refractivity contribution is 0.501. The molecule has 1 aromatic carbocycles. The highest BCUT2D eigenvalue weighted by Gasteiger charge is 2.28. The first-order chi connectivity index (χ1) is 9.90. The summed E-state index contributed by atoms with van der Waals surface area (Å²) < 4.78 is 28.8. The lowest BCUT2D eigenvalue weighted by Gasteiger charge is -2.33. The van der Waals surface area contributed by atoms with Crippen molar-refractivity contribution in [3.05, 3.63) is 29.3 Å². The Hall–Kier alpha value is -1.65. The van der Waals surface area contributed by atoms with E-state index in [0.29, 0.717) is 12.5 Å². The minimum absolute atomic E-state index is 0.0283. The fraction of sp³-hybridized carbons (Fsp3) is 0.562. The number of anilines is 1. The molecule has 21 heavy (non-hydrogen) atoms. The summed E-state index contributed by atoms with van der Waals surface area (Å²) in [5.74, 6) is -1.27. The third kappa shape index (κ3) is 3.52. The van der Waals surface area contributed by atoms with E-state index >= 15 is 0 Å². The smallest absolute Gasteiger partial charge is 0.150 e. The second-order valence-corrected chi connectivity index (χ2v) is 6.19. The largest absolute Gasteiger partial charge is 0.384 e. The first kappa shape index (κ1) is 15.7. The number of hydrogen-bond donors (Lipinski definition) is 2. The molecule has 1 aliphatic rings. The monoisotopic (exact) mass is 295 g/mol. The minimum atomic E-state index is -0.632. The Balaban J connectivity index is 2.41. The molecule has 0 amide bonds. The summed E-state index contributed by atoms with van der Waals surface area (Å²) in [5.41, 5.74) is 5.43. The van der Waals surface area contributed by atoms with Crippen LogP contribution in [0.4, 0.5) is 14.5 Å². The van der Waals surface area contributed by atoms with Crippen LogP contribution in [0.2, 0.25) is 0 Å². The van der Waals surface area contributed by atoms with Crippen molar-refractivity contribution in [3.8, 4) is 0 Å². The molecule has 3 nitrogen and oxygen atoms in total. The van der Waals surface area contributed by atoms with Gasteiger partial charge in [-0.15, -0.1) is 0 Å². The van der Waals surface area contributed by atoms with Crippen LogP contribution >= 0.6 is 0 Å². The van der Waals surface area contributed by atoms with Crippen molar-refractivity contribution in [2.45, 2.75) is 45.6 Å². The van der Waals surface area contributed by atoms with Crippen LogP contribution in [0.5, 0.6) is 0 Å². The van der Waals surface area contributed by atoms with Crippen molar-refractivity contribution in [2.75, 3.05) is 11.4 Å². The number of nitrogen functional groups attached to an aromatic ring is 1. The highest BCUT2D eigenvalue weighted by Crippen LogP contribution is 2.33.